The van der Waals surface area contributed by atoms with Crippen LogP contribution in [0, 0.1) is 0 Å². The van der Waals surface area contributed by atoms with Gasteiger partial charge in [-0.3, -0.25) is 20.4 Å². The van der Waals surface area contributed by atoms with Crippen molar-refractivity contribution in [1.29, 1.82) is 0 Å². The Labute approximate surface area is 188 Å². The van der Waals surface area contributed by atoms with Gasteiger partial charge in [0.15, 0.2) is 5.82 Å². The fourth-order valence-electron chi connectivity index (χ4n) is 2.52. The number of nitrogens with zero attached hydrogens (tertiary/aromatic N) is 2. The molecule has 3 aromatic rings. The number of nitrogens with one attached hydrogen (secondary N) is 2. The lowest BCUT2D eigenvalue weighted by Gasteiger charge is -2.13. The number of carbonyl (C=O) groups excluding carboxylic acids is 1. The molecule has 12 heteroatoms. The Kier molecular flexibility index (Phi) is 6.78. The van der Waals surface area contributed by atoms with Gasteiger partial charge in [-0.05, 0) is 24.3 Å². The molecule has 2 N–H and O–H groups in total. The molecule has 31 heavy (non-hydrogen) atoms. The molecule has 0 unspecified atom stereocenters. The SMILES string of the molecule is O=C(NNc1ncc(C(F)(F)F)cc1Cl)c1ccc(=O)n(Cc2c(Cl)cccc2Cl)c1. The lowest BCUT2D eigenvalue weighted by Crippen LogP contribution is -2.31. The van der Waals surface area contributed by atoms with Crippen LogP contribution in [0.2, 0.25) is 15.1 Å². The third-order valence-electron chi connectivity index (χ3n) is 4.10. The Morgan fingerprint density at radius 2 is 1.74 bits per heavy atom. The molecule has 3 rings (SSSR count). The fraction of sp³-hybridized carbons (Fsp3) is 0.105. The van der Waals surface area contributed by atoms with E-state index in [0.717, 1.165) is 0 Å². The van der Waals surface area contributed by atoms with Gasteiger partial charge >= 0.3 is 6.18 Å². The van der Waals surface area contributed by atoms with E-state index in [4.69, 9.17) is 34.8 Å². The summed E-state index contributed by atoms with van der Waals surface area (Å²) in [5.41, 5.74) is 3.78. The summed E-state index contributed by atoms with van der Waals surface area (Å²) in [6, 6.07) is 8.04. The van der Waals surface area contributed by atoms with Crippen molar-refractivity contribution in [3.8, 4) is 0 Å². The van der Waals surface area contributed by atoms with Crippen LogP contribution in [0.25, 0.3) is 0 Å². The van der Waals surface area contributed by atoms with Crippen LogP contribution in [-0.2, 0) is 12.7 Å². The third kappa shape index (κ3) is 5.49. The van der Waals surface area contributed by atoms with Crippen molar-refractivity contribution in [1.82, 2.24) is 15.0 Å². The van der Waals surface area contributed by atoms with Crippen molar-refractivity contribution in [2.24, 2.45) is 0 Å². The minimum atomic E-state index is -4.60. The Morgan fingerprint density at radius 1 is 1.06 bits per heavy atom. The van der Waals surface area contributed by atoms with Gasteiger partial charge in [0.05, 0.1) is 22.7 Å². The Bertz CT molecular complexity index is 1180. The lowest BCUT2D eigenvalue weighted by atomic mass is 10.2. The van der Waals surface area contributed by atoms with Gasteiger partial charge in [-0.25, -0.2) is 4.98 Å². The van der Waals surface area contributed by atoms with Crippen LogP contribution in [0.3, 0.4) is 0 Å². The van der Waals surface area contributed by atoms with E-state index in [9.17, 15) is 22.8 Å². The average Bonchev–Trinajstić information content (AvgIpc) is 2.70. The molecule has 0 aliphatic rings. The number of amides is 1. The van der Waals surface area contributed by atoms with Crippen LogP contribution in [0.1, 0.15) is 21.5 Å². The number of halogens is 6. The largest absolute Gasteiger partial charge is 0.417 e. The predicted molar refractivity (Wildman–Crippen MR) is 112 cm³/mol. The second-order valence-electron chi connectivity index (χ2n) is 6.22. The van der Waals surface area contributed by atoms with Gasteiger partial charge in [-0.2, -0.15) is 13.2 Å². The summed E-state index contributed by atoms with van der Waals surface area (Å²) in [4.78, 5) is 28.1. The zero-order chi connectivity index (χ0) is 22.8. The molecule has 0 spiro atoms. The molecule has 0 saturated heterocycles. The molecule has 0 fully saturated rings. The van der Waals surface area contributed by atoms with Crippen LogP contribution < -0.4 is 16.4 Å². The van der Waals surface area contributed by atoms with Gasteiger partial charge in [0.25, 0.3) is 11.5 Å². The van der Waals surface area contributed by atoms with Crippen molar-refractivity contribution >= 4 is 46.5 Å². The van der Waals surface area contributed by atoms with Crippen molar-refractivity contribution in [3.05, 3.63) is 90.9 Å². The normalized spacial score (nSPS) is 11.3. The number of anilines is 1. The number of benzene rings is 1. The maximum atomic E-state index is 12.7. The summed E-state index contributed by atoms with van der Waals surface area (Å²) in [7, 11) is 0. The number of pyridine rings is 2. The number of rotatable bonds is 5. The highest BCUT2D eigenvalue weighted by atomic mass is 35.5. The molecule has 0 aliphatic heterocycles. The molecule has 2 heterocycles. The highest BCUT2D eigenvalue weighted by molar-refractivity contribution is 6.36. The number of hydrogen-bond donors (Lipinski definition) is 2. The molecule has 162 valence electrons. The van der Waals surface area contributed by atoms with Gasteiger partial charge < -0.3 is 4.57 Å². The van der Waals surface area contributed by atoms with Gasteiger partial charge in [-0.15, -0.1) is 0 Å². The molecule has 2 aromatic heterocycles. The highest BCUT2D eigenvalue weighted by Gasteiger charge is 2.31. The zero-order valence-electron chi connectivity index (χ0n) is 15.3. The number of hydrogen-bond acceptors (Lipinski definition) is 4. The molecule has 6 nitrogen and oxygen atoms in total. The quantitative estimate of drug-likeness (QED) is 0.491. The van der Waals surface area contributed by atoms with E-state index in [2.05, 4.69) is 15.8 Å². The number of carbonyl (C=O) groups is 1. The van der Waals surface area contributed by atoms with Gasteiger partial charge in [-0.1, -0.05) is 40.9 Å². The molecular weight excluding hydrogens is 480 g/mol. The minimum Gasteiger partial charge on any atom is -0.310 e. The standard InChI is InChI=1S/C19H12Cl3F3N4O2/c20-13-2-1-3-14(21)12(13)9-29-8-10(4-5-16(29)30)18(31)28-27-17-15(22)6-11(7-26-17)19(23,24)25/h1-8H,9H2,(H,26,27)(H,28,31). The van der Waals surface area contributed by atoms with E-state index in [0.29, 0.717) is 27.9 Å². The first-order valence-electron chi connectivity index (χ1n) is 8.48. The van der Waals surface area contributed by atoms with Crippen LogP contribution in [0.15, 0.2) is 53.6 Å². The molecule has 0 bridgehead atoms. The smallest absolute Gasteiger partial charge is 0.310 e. The predicted octanol–water partition coefficient (Wildman–Crippen LogP) is 5.03. The minimum absolute atomic E-state index is 0.0260. The second kappa shape index (κ2) is 9.17. The molecule has 0 atom stereocenters. The summed E-state index contributed by atoms with van der Waals surface area (Å²) in [6.07, 6.45) is -2.73. The number of aromatic nitrogens is 2. The Morgan fingerprint density at radius 3 is 2.35 bits per heavy atom. The summed E-state index contributed by atoms with van der Waals surface area (Å²) in [5, 5.41) is 0.381. The van der Waals surface area contributed by atoms with Crippen molar-refractivity contribution in [3.63, 3.8) is 0 Å². The van der Waals surface area contributed by atoms with Crippen LogP contribution in [0.4, 0.5) is 19.0 Å². The summed E-state index contributed by atoms with van der Waals surface area (Å²) in [5.74, 6) is -0.865. The molecular formula is C19H12Cl3F3N4O2. The van der Waals surface area contributed by atoms with E-state index in [-0.39, 0.29) is 22.9 Å². The van der Waals surface area contributed by atoms with Crippen LogP contribution >= 0.6 is 34.8 Å². The van der Waals surface area contributed by atoms with E-state index in [1.807, 2.05) is 0 Å². The zero-order valence-corrected chi connectivity index (χ0v) is 17.6. The summed E-state index contributed by atoms with van der Waals surface area (Å²) >= 11 is 18.0. The highest BCUT2D eigenvalue weighted by Crippen LogP contribution is 2.32. The number of hydrazine groups is 1. The van der Waals surface area contributed by atoms with Crippen molar-refractivity contribution < 1.29 is 18.0 Å². The molecule has 1 amide bonds. The fourth-order valence-corrected chi connectivity index (χ4v) is 3.25. The van der Waals surface area contributed by atoms with E-state index >= 15 is 0 Å². The van der Waals surface area contributed by atoms with Gasteiger partial charge in [0.1, 0.15) is 0 Å². The van der Waals surface area contributed by atoms with Crippen molar-refractivity contribution in [2.75, 3.05) is 5.43 Å². The van der Waals surface area contributed by atoms with E-state index in [1.54, 1.807) is 18.2 Å². The van der Waals surface area contributed by atoms with Crippen LogP contribution in [-0.4, -0.2) is 15.5 Å². The second-order valence-corrected chi connectivity index (χ2v) is 7.44. The molecule has 1 aromatic carbocycles. The molecule has 0 saturated carbocycles. The van der Waals surface area contributed by atoms with Gasteiger partial charge in [0, 0.05) is 34.1 Å². The topological polar surface area (TPSA) is 76.0 Å². The first kappa shape index (κ1) is 22.9. The average molecular weight is 492 g/mol. The Balaban J connectivity index is 1.76. The first-order valence-corrected chi connectivity index (χ1v) is 9.62. The van der Waals surface area contributed by atoms with E-state index < -0.39 is 23.2 Å². The van der Waals surface area contributed by atoms with Crippen LogP contribution in [0.5, 0.6) is 0 Å². The summed E-state index contributed by atoms with van der Waals surface area (Å²) < 4.78 is 39.3. The first-order chi connectivity index (χ1) is 14.6. The third-order valence-corrected chi connectivity index (χ3v) is 5.10. The summed E-state index contributed by atoms with van der Waals surface area (Å²) in [6.45, 7) is 0.0260. The molecule has 0 aliphatic carbocycles. The maximum Gasteiger partial charge on any atom is 0.417 e. The number of alkyl halides is 3. The lowest BCUT2D eigenvalue weighted by molar-refractivity contribution is -0.137. The van der Waals surface area contributed by atoms with Gasteiger partial charge in [0.2, 0.25) is 0 Å². The molecule has 0 radical (unpaired) electrons. The Hall–Kier alpha value is -2.75. The monoisotopic (exact) mass is 490 g/mol. The van der Waals surface area contributed by atoms with Crippen molar-refractivity contribution in [2.45, 2.75) is 12.7 Å². The maximum absolute atomic E-state index is 12.7. The van der Waals surface area contributed by atoms with E-state index in [1.165, 1.54) is 22.9 Å².